The molecule has 0 atom stereocenters. The lowest BCUT2D eigenvalue weighted by Gasteiger charge is -2.18. The van der Waals surface area contributed by atoms with Crippen molar-refractivity contribution in [3.63, 3.8) is 0 Å². The molecule has 0 N–H and O–H groups in total. The summed E-state index contributed by atoms with van der Waals surface area (Å²) >= 11 is 0. The Morgan fingerprint density at radius 3 is 2.41 bits per heavy atom. The summed E-state index contributed by atoms with van der Waals surface area (Å²) in [4.78, 5) is 4.41. The average molecular weight is 247 g/mol. The van der Waals surface area contributed by atoms with Crippen molar-refractivity contribution in [2.45, 2.75) is 33.5 Å². The van der Waals surface area contributed by atoms with E-state index in [2.05, 4.69) is 43.7 Å². The molecule has 1 rings (SSSR count). The van der Waals surface area contributed by atoms with Crippen molar-refractivity contribution in [1.82, 2.24) is 0 Å². The Balaban J connectivity index is 2.80. The van der Waals surface area contributed by atoms with E-state index in [1.807, 2.05) is 31.3 Å². The van der Waals surface area contributed by atoms with Crippen LogP contribution in [0.25, 0.3) is 0 Å². The second-order valence-corrected chi connectivity index (χ2v) is 9.39. The Morgan fingerprint density at radius 1 is 1.24 bits per heavy atom. The highest BCUT2D eigenvalue weighted by atomic mass is 28.4. The van der Waals surface area contributed by atoms with Crippen LogP contribution in [0, 0.1) is 6.92 Å². The Labute approximate surface area is 105 Å². The van der Waals surface area contributed by atoms with Gasteiger partial charge < -0.3 is 4.43 Å². The minimum atomic E-state index is -1.58. The molecule has 0 radical (unpaired) electrons. The van der Waals surface area contributed by atoms with Crippen molar-refractivity contribution in [2.24, 2.45) is 4.99 Å². The quantitative estimate of drug-likeness (QED) is 0.445. The van der Waals surface area contributed by atoms with E-state index in [0.29, 0.717) is 5.88 Å². The summed E-state index contributed by atoms with van der Waals surface area (Å²) in [5.74, 6) is 0.715. The van der Waals surface area contributed by atoms with Gasteiger partial charge in [-0.25, -0.2) is 4.99 Å². The average Bonchev–Trinajstić information content (AvgIpc) is 2.24. The zero-order chi connectivity index (χ0) is 12.9. The highest BCUT2D eigenvalue weighted by Gasteiger charge is 2.16. The summed E-state index contributed by atoms with van der Waals surface area (Å²) in [7, 11) is -1.58. The predicted molar refractivity (Wildman–Crippen MR) is 77.0 cm³/mol. The number of nitrogens with zero attached hydrogens (tertiary/aromatic N) is 1. The summed E-state index contributed by atoms with van der Waals surface area (Å²) < 4.78 is 5.85. The molecule has 0 aromatic heterocycles. The zero-order valence-electron chi connectivity index (χ0n) is 11.3. The molecule has 0 saturated heterocycles. The van der Waals surface area contributed by atoms with Crippen molar-refractivity contribution in [3.8, 4) is 0 Å². The molecular weight excluding hydrogens is 226 g/mol. The highest BCUT2D eigenvalue weighted by molar-refractivity contribution is 6.70. The number of allylic oxidation sites excluding steroid dienone is 1. The molecule has 0 saturated carbocycles. The fourth-order valence-electron chi connectivity index (χ4n) is 1.34. The third kappa shape index (κ3) is 5.00. The van der Waals surface area contributed by atoms with Crippen LogP contribution in [0.3, 0.4) is 0 Å². The molecule has 0 aliphatic heterocycles. The van der Waals surface area contributed by atoms with Crippen LogP contribution in [0.2, 0.25) is 19.6 Å². The zero-order valence-corrected chi connectivity index (χ0v) is 12.3. The van der Waals surface area contributed by atoms with Crippen LogP contribution in [0.1, 0.15) is 18.1 Å². The molecule has 1 aromatic rings. The Bertz CT molecular complexity index is 430. The lowest BCUT2D eigenvalue weighted by Crippen LogP contribution is -2.24. The van der Waals surface area contributed by atoms with E-state index in [1.165, 1.54) is 5.56 Å². The van der Waals surface area contributed by atoms with Gasteiger partial charge in [-0.1, -0.05) is 24.3 Å². The van der Waals surface area contributed by atoms with Crippen LogP contribution in [0.15, 0.2) is 41.2 Å². The summed E-state index contributed by atoms with van der Waals surface area (Å²) in [5.41, 5.74) is 2.35. The number of benzene rings is 1. The second kappa shape index (κ2) is 5.82. The number of hydrogen-bond donors (Lipinski definition) is 0. The standard InChI is InChI=1S/C14H21NOSi/c1-6-14(16-17(3,4)5)15-11-13-10-8-7-9-12(13)2/h6-11H,1-5H3. The number of aryl methyl sites for hydroxylation is 1. The number of hydrogen-bond acceptors (Lipinski definition) is 2. The fourth-order valence-corrected chi connectivity index (χ4v) is 2.14. The molecule has 0 unspecified atom stereocenters. The van der Waals surface area contributed by atoms with Gasteiger partial charge >= 0.3 is 0 Å². The monoisotopic (exact) mass is 247 g/mol. The first-order chi connectivity index (χ1) is 7.92. The third-order valence-corrected chi connectivity index (χ3v) is 3.00. The molecule has 0 fully saturated rings. The Hall–Kier alpha value is -1.35. The van der Waals surface area contributed by atoms with Gasteiger partial charge in [-0.05, 0) is 50.7 Å². The van der Waals surface area contributed by atoms with E-state index in [1.54, 1.807) is 0 Å². The van der Waals surface area contributed by atoms with Crippen molar-refractivity contribution in [2.75, 3.05) is 0 Å². The van der Waals surface area contributed by atoms with Crippen LogP contribution < -0.4 is 0 Å². The molecule has 0 amide bonds. The second-order valence-electron chi connectivity index (χ2n) is 4.96. The van der Waals surface area contributed by atoms with Crippen molar-refractivity contribution in [3.05, 3.63) is 47.4 Å². The summed E-state index contributed by atoms with van der Waals surface area (Å²) in [6.07, 6.45) is 3.78. The normalized spacial score (nSPS) is 13.1. The molecule has 3 heteroatoms. The van der Waals surface area contributed by atoms with Crippen molar-refractivity contribution < 1.29 is 4.43 Å². The predicted octanol–water partition coefficient (Wildman–Crippen LogP) is 4.13. The molecule has 0 aliphatic carbocycles. The smallest absolute Gasteiger partial charge is 0.244 e. The third-order valence-electron chi connectivity index (χ3n) is 2.18. The number of rotatable bonds is 4. The van der Waals surface area contributed by atoms with Gasteiger partial charge in [0.2, 0.25) is 8.32 Å². The van der Waals surface area contributed by atoms with Crippen molar-refractivity contribution >= 4 is 14.5 Å². The number of aliphatic imine (C=N–C) groups is 1. The van der Waals surface area contributed by atoms with E-state index < -0.39 is 8.32 Å². The minimum absolute atomic E-state index is 0.715. The van der Waals surface area contributed by atoms with Crippen LogP contribution in [-0.2, 0) is 4.43 Å². The fraction of sp³-hybridized carbons (Fsp3) is 0.357. The van der Waals surface area contributed by atoms with Crippen LogP contribution >= 0.6 is 0 Å². The first-order valence-electron chi connectivity index (χ1n) is 5.87. The molecule has 17 heavy (non-hydrogen) atoms. The molecule has 0 bridgehead atoms. The highest BCUT2D eigenvalue weighted by Crippen LogP contribution is 2.12. The Kier molecular flexibility index (Phi) is 4.69. The lowest BCUT2D eigenvalue weighted by atomic mass is 10.1. The first-order valence-corrected chi connectivity index (χ1v) is 9.28. The lowest BCUT2D eigenvalue weighted by molar-refractivity contribution is 0.417. The van der Waals surface area contributed by atoms with Gasteiger partial charge in [0.1, 0.15) is 0 Å². The molecule has 0 aliphatic rings. The molecule has 0 heterocycles. The van der Waals surface area contributed by atoms with Gasteiger partial charge in [-0.3, -0.25) is 0 Å². The molecule has 92 valence electrons. The first kappa shape index (κ1) is 13.7. The van der Waals surface area contributed by atoms with E-state index in [-0.39, 0.29) is 0 Å². The maximum absolute atomic E-state index is 5.85. The topological polar surface area (TPSA) is 21.6 Å². The van der Waals surface area contributed by atoms with Gasteiger partial charge in [0.15, 0.2) is 5.88 Å². The SMILES string of the molecule is CC=C(N=Cc1ccccc1C)O[Si](C)(C)C. The van der Waals surface area contributed by atoms with E-state index >= 15 is 0 Å². The van der Waals surface area contributed by atoms with Crippen LogP contribution in [-0.4, -0.2) is 14.5 Å². The van der Waals surface area contributed by atoms with Gasteiger partial charge in [-0.15, -0.1) is 0 Å². The van der Waals surface area contributed by atoms with Gasteiger partial charge in [0.05, 0.1) is 0 Å². The maximum Gasteiger partial charge on any atom is 0.244 e. The Morgan fingerprint density at radius 2 is 1.88 bits per heavy atom. The van der Waals surface area contributed by atoms with Gasteiger partial charge in [0.25, 0.3) is 0 Å². The van der Waals surface area contributed by atoms with E-state index in [9.17, 15) is 0 Å². The molecule has 0 spiro atoms. The largest absolute Gasteiger partial charge is 0.532 e. The molecule has 1 aromatic carbocycles. The van der Waals surface area contributed by atoms with Gasteiger partial charge in [-0.2, -0.15) is 0 Å². The van der Waals surface area contributed by atoms with E-state index in [4.69, 9.17) is 4.43 Å². The maximum atomic E-state index is 5.85. The summed E-state index contributed by atoms with van der Waals surface area (Å²) in [6.45, 7) is 10.5. The van der Waals surface area contributed by atoms with Crippen LogP contribution in [0.5, 0.6) is 0 Å². The van der Waals surface area contributed by atoms with E-state index in [0.717, 1.165) is 5.56 Å². The molecule has 2 nitrogen and oxygen atoms in total. The minimum Gasteiger partial charge on any atom is -0.532 e. The van der Waals surface area contributed by atoms with Crippen LogP contribution in [0.4, 0.5) is 0 Å². The van der Waals surface area contributed by atoms with Gasteiger partial charge in [0, 0.05) is 6.21 Å². The van der Waals surface area contributed by atoms with Crippen molar-refractivity contribution in [1.29, 1.82) is 0 Å². The summed E-state index contributed by atoms with van der Waals surface area (Å²) in [6, 6.07) is 8.18. The molecular formula is C14H21NOSi. The summed E-state index contributed by atoms with van der Waals surface area (Å²) in [5, 5.41) is 0.